The molecule has 9 heteroatoms. The topological polar surface area (TPSA) is 56.1 Å². The fourth-order valence-corrected chi connectivity index (χ4v) is 3.17. The van der Waals surface area contributed by atoms with Crippen LogP contribution < -0.4 is 5.32 Å². The van der Waals surface area contributed by atoms with E-state index >= 15 is 0 Å². The zero-order valence-electron chi connectivity index (χ0n) is 14.7. The van der Waals surface area contributed by atoms with Crippen molar-refractivity contribution in [3.05, 3.63) is 41.2 Å². The molecular weight excluding hydrogens is 367 g/mol. The molecule has 1 N–H and O–H groups in total. The van der Waals surface area contributed by atoms with Crippen LogP contribution in [0, 0.1) is 13.8 Å². The van der Waals surface area contributed by atoms with Crippen LogP contribution in [0.15, 0.2) is 29.4 Å². The van der Waals surface area contributed by atoms with Gasteiger partial charge in [0.25, 0.3) is 0 Å². The average Bonchev–Trinajstić information content (AvgIpc) is 2.85. The number of hydrogen-bond donors (Lipinski definition) is 1. The lowest BCUT2D eigenvalue weighted by atomic mass is 10.2. The van der Waals surface area contributed by atoms with Crippen LogP contribution in [0.1, 0.15) is 17.0 Å². The standard InChI is InChI=1S/C17H20F3N3O2S/c1-11-12(2)23(8-9-25-3)16(21-11)26-10-15(24)22-14-6-4-13(5-7-14)17(18,19)20/h4-7H,8-10H2,1-3H3,(H,22,24). The Balaban J connectivity index is 1.96. The van der Waals surface area contributed by atoms with Crippen molar-refractivity contribution in [1.29, 1.82) is 0 Å². The molecule has 0 aliphatic rings. The minimum absolute atomic E-state index is 0.101. The third-order valence-electron chi connectivity index (χ3n) is 3.77. The lowest BCUT2D eigenvalue weighted by Gasteiger charge is -2.10. The summed E-state index contributed by atoms with van der Waals surface area (Å²) in [5, 5.41) is 3.29. The zero-order chi connectivity index (χ0) is 19.3. The summed E-state index contributed by atoms with van der Waals surface area (Å²) in [5.41, 5.74) is 1.45. The Morgan fingerprint density at radius 2 is 1.92 bits per heavy atom. The number of carbonyl (C=O) groups is 1. The summed E-state index contributed by atoms with van der Waals surface area (Å²) < 4.78 is 44.7. The van der Waals surface area contributed by atoms with Gasteiger partial charge >= 0.3 is 6.18 Å². The molecule has 0 saturated carbocycles. The third-order valence-corrected chi connectivity index (χ3v) is 4.75. The smallest absolute Gasteiger partial charge is 0.383 e. The Kier molecular flexibility index (Phi) is 6.71. The number of anilines is 1. The maximum Gasteiger partial charge on any atom is 0.416 e. The first-order valence-electron chi connectivity index (χ1n) is 7.85. The highest BCUT2D eigenvalue weighted by molar-refractivity contribution is 7.99. The van der Waals surface area contributed by atoms with E-state index in [-0.39, 0.29) is 11.7 Å². The number of aryl methyl sites for hydroxylation is 1. The van der Waals surface area contributed by atoms with Crippen molar-refractivity contribution in [2.24, 2.45) is 0 Å². The Morgan fingerprint density at radius 1 is 1.27 bits per heavy atom. The zero-order valence-corrected chi connectivity index (χ0v) is 15.5. The van der Waals surface area contributed by atoms with Gasteiger partial charge in [0.05, 0.1) is 23.6 Å². The van der Waals surface area contributed by atoms with Gasteiger partial charge in [-0.25, -0.2) is 4.98 Å². The van der Waals surface area contributed by atoms with E-state index < -0.39 is 11.7 Å². The van der Waals surface area contributed by atoms with E-state index in [1.165, 1.54) is 23.9 Å². The monoisotopic (exact) mass is 387 g/mol. The fourth-order valence-electron chi connectivity index (χ4n) is 2.25. The summed E-state index contributed by atoms with van der Waals surface area (Å²) in [6.45, 7) is 5.00. The number of benzene rings is 1. The summed E-state index contributed by atoms with van der Waals surface area (Å²) in [6.07, 6.45) is -4.40. The van der Waals surface area contributed by atoms with Gasteiger partial charge in [0, 0.05) is 25.0 Å². The molecule has 1 aromatic carbocycles. The van der Waals surface area contributed by atoms with Crippen LogP contribution in [0.5, 0.6) is 0 Å². The van der Waals surface area contributed by atoms with Gasteiger partial charge in [0.15, 0.2) is 5.16 Å². The molecule has 5 nitrogen and oxygen atoms in total. The van der Waals surface area contributed by atoms with Crippen molar-refractivity contribution in [3.8, 4) is 0 Å². The molecule has 2 rings (SSSR count). The Hall–Kier alpha value is -2.00. The number of alkyl halides is 3. The maximum absolute atomic E-state index is 12.5. The lowest BCUT2D eigenvalue weighted by Crippen LogP contribution is -2.15. The van der Waals surface area contributed by atoms with Gasteiger partial charge in [-0.15, -0.1) is 0 Å². The first kappa shape index (κ1) is 20.3. The summed E-state index contributed by atoms with van der Waals surface area (Å²) in [5.74, 6) is -0.212. The SMILES string of the molecule is COCCn1c(SCC(=O)Nc2ccc(C(F)(F)F)cc2)nc(C)c1C. The number of nitrogens with zero attached hydrogens (tertiary/aromatic N) is 2. The predicted octanol–water partition coefficient (Wildman–Crippen LogP) is 3.90. The van der Waals surface area contributed by atoms with Gasteiger partial charge < -0.3 is 14.6 Å². The number of hydrogen-bond acceptors (Lipinski definition) is 4. The number of nitrogens with one attached hydrogen (secondary N) is 1. The second-order valence-electron chi connectivity index (χ2n) is 5.62. The Morgan fingerprint density at radius 3 is 2.50 bits per heavy atom. The summed E-state index contributed by atoms with van der Waals surface area (Å²) in [6, 6.07) is 4.35. The highest BCUT2D eigenvalue weighted by atomic mass is 32.2. The fraction of sp³-hybridized carbons (Fsp3) is 0.412. The predicted molar refractivity (Wildman–Crippen MR) is 94.4 cm³/mol. The molecule has 0 bridgehead atoms. The average molecular weight is 387 g/mol. The number of rotatable bonds is 7. The van der Waals surface area contributed by atoms with Crippen LogP contribution in [0.25, 0.3) is 0 Å². The molecule has 1 aromatic heterocycles. The van der Waals surface area contributed by atoms with Crippen LogP contribution >= 0.6 is 11.8 Å². The minimum Gasteiger partial charge on any atom is -0.383 e. The van der Waals surface area contributed by atoms with Crippen LogP contribution in [-0.4, -0.2) is 34.9 Å². The second-order valence-corrected chi connectivity index (χ2v) is 6.56. The number of amides is 1. The first-order valence-corrected chi connectivity index (χ1v) is 8.83. The normalized spacial score (nSPS) is 11.6. The van der Waals surface area contributed by atoms with Crippen LogP contribution in [0.3, 0.4) is 0 Å². The number of ether oxygens (including phenoxy) is 1. The number of carbonyl (C=O) groups excluding carboxylic acids is 1. The van der Waals surface area contributed by atoms with E-state index in [4.69, 9.17) is 4.74 Å². The van der Waals surface area contributed by atoms with Crippen molar-refractivity contribution in [3.63, 3.8) is 0 Å². The molecule has 1 amide bonds. The van der Waals surface area contributed by atoms with Gasteiger partial charge in [-0.3, -0.25) is 4.79 Å². The number of aromatic nitrogens is 2. The van der Waals surface area contributed by atoms with Crippen molar-refractivity contribution >= 4 is 23.4 Å². The van der Waals surface area contributed by atoms with Gasteiger partial charge in [-0.1, -0.05) is 11.8 Å². The third kappa shape index (κ3) is 5.25. The van der Waals surface area contributed by atoms with E-state index in [1.807, 2.05) is 18.4 Å². The number of halogens is 3. The van der Waals surface area contributed by atoms with Crippen molar-refractivity contribution in [2.75, 3.05) is 24.8 Å². The van der Waals surface area contributed by atoms with E-state index in [0.29, 0.717) is 24.0 Å². The van der Waals surface area contributed by atoms with Gasteiger partial charge in [-0.2, -0.15) is 13.2 Å². The second kappa shape index (κ2) is 8.59. The number of methoxy groups -OCH3 is 1. The maximum atomic E-state index is 12.5. The number of thioether (sulfide) groups is 1. The molecule has 0 aliphatic heterocycles. The van der Waals surface area contributed by atoms with Crippen LogP contribution in [0.4, 0.5) is 18.9 Å². The highest BCUT2D eigenvalue weighted by Gasteiger charge is 2.30. The molecule has 0 spiro atoms. The quantitative estimate of drug-likeness (QED) is 0.733. The number of imidazole rings is 1. The molecule has 0 aliphatic carbocycles. The lowest BCUT2D eigenvalue weighted by molar-refractivity contribution is -0.137. The molecule has 26 heavy (non-hydrogen) atoms. The van der Waals surface area contributed by atoms with Crippen LogP contribution in [-0.2, 0) is 22.3 Å². The van der Waals surface area contributed by atoms with Crippen molar-refractivity contribution < 1.29 is 22.7 Å². The highest BCUT2D eigenvalue weighted by Crippen LogP contribution is 2.30. The van der Waals surface area contributed by atoms with Crippen LogP contribution in [0.2, 0.25) is 0 Å². The van der Waals surface area contributed by atoms with Gasteiger partial charge in [-0.05, 0) is 38.1 Å². The van der Waals surface area contributed by atoms with Crippen molar-refractivity contribution in [1.82, 2.24) is 9.55 Å². The molecule has 1 heterocycles. The van der Waals surface area contributed by atoms with Gasteiger partial charge in [0.2, 0.25) is 5.91 Å². The summed E-state index contributed by atoms with van der Waals surface area (Å²) >= 11 is 1.27. The van der Waals surface area contributed by atoms with E-state index in [0.717, 1.165) is 23.5 Å². The molecule has 0 radical (unpaired) electrons. The van der Waals surface area contributed by atoms with Crippen molar-refractivity contribution in [2.45, 2.75) is 31.7 Å². The summed E-state index contributed by atoms with van der Waals surface area (Å²) in [7, 11) is 1.61. The molecule has 0 fully saturated rings. The molecule has 2 aromatic rings. The minimum atomic E-state index is -4.40. The Labute approximate surface area is 153 Å². The van der Waals surface area contributed by atoms with E-state index in [1.54, 1.807) is 7.11 Å². The van der Waals surface area contributed by atoms with Gasteiger partial charge in [0.1, 0.15) is 0 Å². The largest absolute Gasteiger partial charge is 0.416 e. The molecular formula is C17H20F3N3O2S. The first-order chi connectivity index (χ1) is 12.2. The molecule has 0 atom stereocenters. The molecule has 142 valence electrons. The van der Waals surface area contributed by atoms with E-state index in [9.17, 15) is 18.0 Å². The molecule has 0 unspecified atom stereocenters. The van der Waals surface area contributed by atoms with E-state index in [2.05, 4.69) is 10.3 Å². The summed E-state index contributed by atoms with van der Waals surface area (Å²) in [4.78, 5) is 16.5. The Bertz CT molecular complexity index is 758. The molecule has 0 saturated heterocycles.